The Kier molecular flexibility index (Phi) is 8.20. The molecule has 0 bridgehead atoms. The Morgan fingerprint density at radius 2 is 2.06 bits per heavy atom. The van der Waals surface area contributed by atoms with E-state index in [4.69, 9.17) is 9.47 Å². The van der Waals surface area contributed by atoms with Crippen molar-refractivity contribution in [2.75, 3.05) is 6.61 Å². The van der Waals surface area contributed by atoms with Crippen molar-refractivity contribution in [2.45, 2.75) is 51.5 Å². The van der Waals surface area contributed by atoms with E-state index in [1.54, 1.807) is 0 Å². The first-order valence-corrected chi connectivity index (χ1v) is 7.63. The normalized spacial score (nSPS) is 17.0. The molecule has 0 aliphatic rings. The number of carbonyl (C=O) groups is 1. The maximum Gasteiger partial charge on any atom is 0.330 e. The monoisotopic (exact) mass is 244 g/mol. The summed E-state index contributed by atoms with van der Waals surface area (Å²) in [6.07, 6.45) is 2.58. The third kappa shape index (κ3) is 6.08. The summed E-state index contributed by atoms with van der Waals surface area (Å²) in [5.74, 6) is -0.320. The summed E-state index contributed by atoms with van der Waals surface area (Å²) in [6, 6.07) is 0. The summed E-state index contributed by atoms with van der Waals surface area (Å²) in [7, 11) is -0.486. The van der Waals surface area contributed by atoms with Crippen LogP contribution in [0.5, 0.6) is 0 Å². The highest BCUT2D eigenvalue weighted by Crippen LogP contribution is 2.19. The molecular formula is C12H24O3Si. The molecule has 94 valence electrons. The van der Waals surface area contributed by atoms with E-state index in [-0.39, 0.29) is 17.8 Å². The third-order valence-corrected chi connectivity index (χ3v) is 5.41. The van der Waals surface area contributed by atoms with E-state index in [1.165, 1.54) is 6.08 Å². The highest BCUT2D eigenvalue weighted by Gasteiger charge is 2.20. The highest BCUT2D eigenvalue weighted by molar-refractivity contribution is 6.39. The number of rotatable bonds is 8. The van der Waals surface area contributed by atoms with Gasteiger partial charge < -0.3 is 9.47 Å². The standard InChI is InChI=1S/C12H24O3Si/c1-6-11(9(4)14-8-3)16-10(5)15-12(13)7-2/h7,9-11H,2,6,8,16H2,1,3-5H3. The van der Waals surface area contributed by atoms with Crippen LogP contribution in [0.25, 0.3) is 0 Å². The van der Waals surface area contributed by atoms with E-state index in [1.807, 2.05) is 13.8 Å². The third-order valence-electron chi connectivity index (χ3n) is 2.74. The van der Waals surface area contributed by atoms with E-state index in [2.05, 4.69) is 20.4 Å². The van der Waals surface area contributed by atoms with Crippen LogP contribution < -0.4 is 0 Å². The fourth-order valence-corrected chi connectivity index (χ4v) is 3.78. The van der Waals surface area contributed by atoms with Crippen LogP contribution in [0.2, 0.25) is 5.54 Å². The van der Waals surface area contributed by atoms with Gasteiger partial charge in [-0.05, 0) is 26.3 Å². The van der Waals surface area contributed by atoms with Crippen molar-refractivity contribution < 1.29 is 14.3 Å². The zero-order valence-corrected chi connectivity index (χ0v) is 12.3. The lowest BCUT2D eigenvalue weighted by molar-refractivity contribution is -0.139. The Labute approximate surface area is 101 Å². The van der Waals surface area contributed by atoms with Gasteiger partial charge in [-0.25, -0.2) is 4.79 Å². The average Bonchev–Trinajstić information content (AvgIpc) is 2.25. The summed E-state index contributed by atoms with van der Waals surface area (Å²) in [5, 5.41) is 0. The van der Waals surface area contributed by atoms with E-state index >= 15 is 0 Å². The van der Waals surface area contributed by atoms with Crippen molar-refractivity contribution in [3.63, 3.8) is 0 Å². The molecule has 0 radical (unpaired) electrons. The molecule has 3 nitrogen and oxygen atoms in total. The van der Waals surface area contributed by atoms with Crippen LogP contribution in [-0.4, -0.2) is 33.9 Å². The Hall–Kier alpha value is -0.613. The van der Waals surface area contributed by atoms with Gasteiger partial charge in [-0.15, -0.1) is 0 Å². The highest BCUT2D eigenvalue weighted by atomic mass is 28.2. The maximum absolute atomic E-state index is 11.0. The molecule has 0 N–H and O–H groups in total. The minimum absolute atomic E-state index is 0.0540. The summed E-state index contributed by atoms with van der Waals surface area (Å²) >= 11 is 0. The Morgan fingerprint density at radius 1 is 1.44 bits per heavy atom. The van der Waals surface area contributed by atoms with Gasteiger partial charge in [0.2, 0.25) is 0 Å². The molecule has 0 aromatic carbocycles. The van der Waals surface area contributed by atoms with Crippen molar-refractivity contribution in [1.82, 2.24) is 0 Å². The maximum atomic E-state index is 11.0. The van der Waals surface area contributed by atoms with E-state index in [0.29, 0.717) is 5.54 Å². The molecule has 16 heavy (non-hydrogen) atoms. The second-order valence-corrected chi connectivity index (χ2v) is 6.69. The number of carbonyl (C=O) groups excluding carboxylic acids is 1. The molecule has 3 atom stereocenters. The summed E-state index contributed by atoms with van der Waals surface area (Å²) in [4.78, 5) is 11.0. The zero-order chi connectivity index (χ0) is 12.6. The number of esters is 1. The van der Waals surface area contributed by atoms with Gasteiger partial charge in [0.25, 0.3) is 0 Å². The molecule has 0 aromatic heterocycles. The molecule has 0 amide bonds. The second kappa shape index (κ2) is 8.53. The number of ether oxygens (including phenoxy) is 2. The molecule has 0 aliphatic heterocycles. The van der Waals surface area contributed by atoms with Gasteiger partial charge >= 0.3 is 5.97 Å². The Bertz CT molecular complexity index is 218. The molecular weight excluding hydrogens is 220 g/mol. The van der Waals surface area contributed by atoms with Gasteiger partial charge in [-0.2, -0.15) is 0 Å². The predicted molar refractivity (Wildman–Crippen MR) is 69.4 cm³/mol. The van der Waals surface area contributed by atoms with Crippen LogP contribution in [-0.2, 0) is 14.3 Å². The molecule has 0 aliphatic carbocycles. The van der Waals surface area contributed by atoms with Gasteiger partial charge in [0, 0.05) is 12.7 Å². The number of hydrogen-bond donors (Lipinski definition) is 0. The van der Waals surface area contributed by atoms with Crippen molar-refractivity contribution in [3.8, 4) is 0 Å². The molecule has 0 rings (SSSR count). The predicted octanol–water partition coefficient (Wildman–Crippen LogP) is 1.85. The second-order valence-electron chi connectivity index (χ2n) is 4.02. The summed E-state index contributed by atoms with van der Waals surface area (Å²) in [5.41, 5.74) is 0.617. The molecule has 0 spiro atoms. The first-order chi connectivity index (χ1) is 7.54. The largest absolute Gasteiger partial charge is 0.464 e. The van der Waals surface area contributed by atoms with Gasteiger partial charge in [0.1, 0.15) is 0 Å². The molecule has 0 saturated carbocycles. The molecule has 0 aromatic rings. The van der Waals surface area contributed by atoms with E-state index < -0.39 is 9.52 Å². The molecule has 3 unspecified atom stereocenters. The van der Waals surface area contributed by atoms with Crippen LogP contribution in [0.1, 0.15) is 34.1 Å². The van der Waals surface area contributed by atoms with Crippen LogP contribution in [0, 0.1) is 0 Å². The van der Waals surface area contributed by atoms with E-state index in [9.17, 15) is 4.79 Å². The fourth-order valence-electron chi connectivity index (χ4n) is 1.81. The molecule has 4 heteroatoms. The molecule has 0 saturated heterocycles. The van der Waals surface area contributed by atoms with Crippen LogP contribution in [0.15, 0.2) is 12.7 Å². The van der Waals surface area contributed by atoms with Crippen molar-refractivity contribution in [3.05, 3.63) is 12.7 Å². The van der Waals surface area contributed by atoms with E-state index in [0.717, 1.165) is 13.0 Å². The summed E-state index contributed by atoms with van der Waals surface area (Å²) < 4.78 is 10.8. The first-order valence-electron chi connectivity index (χ1n) is 5.99. The Morgan fingerprint density at radius 3 is 2.50 bits per heavy atom. The summed E-state index contributed by atoms with van der Waals surface area (Å²) in [6.45, 7) is 12.4. The van der Waals surface area contributed by atoms with Crippen LogP contribution >= 0.6 is 0 Å². The average molecular weight is 244 g/mol. The van der Waals surface area contributed by atoms with Crippen molar-refractivity contribution in [1.29, 1.82) is 0 Å². The fraction of sp³-hybridized carbons (Fsp3) is 0.750. The van der Waals surface area contributed by atoms with Gasteiger partial charge in [-0.1, -0.05) is 19.9 Å². The smallest absolute Gasteiger partial charge is 0.330 e. The molecule has 0 fully saturated rings. The minimum Gasteiger partial charge on any atom is -0.464 e. The van der Waals surface area contributed by atoms with Gasteiger partial charge in [-0.3, -0.25) is 0 Å². The minimum atomic E-state index is -0.486. The zero-order valence-electron chi connectivity index (χ0n) is 10.9. The first kappa shape index (κ1) is 15.4. The lowest BCUT2D eigenvalue weighted by Crippen LogP contribution is -2.30. The lowest BCUT2D eigenvalue weighted by atomic mass is 10.2. The van der Waals surface area contributed by atoms with Gasteiger partial charge in [0.05, 0.1) is 21.4 Å². The lowest BCUT2D eigenvalue weighted by Gasteiger charge is -2.24. The van der Waals surface area contributed by atoms with Crippen molar-refractivity contribution in [2.24, 2.45) is 0 Å². The SMILES string of the molecule is C=CC(=O)OC(C)[SiH2]C(CC)C(C)OCC. The topological polar surface area (TPSA) is 35.5 Å². The van der Waals surface area contributed by atoms with Gasteiger partial charge in [0.15, 0.2) is 0 Å². The van der Waals surface area contributed by atoms with Crippen molar-refractivity contribution >= 4 is 15.5 Å². The quantitative estimate of drug-likeness (QED) is 0.371. The van der Waals surface area contributed by atoms with Crippen LogP contribution in [0.3, 0.4) is 0 Å². The Balaban J connectivity index is 4.09. The molecule has 0 heterocycles. The van der Waals surface area contributed by atoms with Crippen LogP contribution in [0.4, 0.5) is 0 Å². The number of hydrogen-bond acceptors (Lipinski definition) is 3.